The molecule has 174 valence electrons. The second-order valence-electron chi connectivity index (χ2n) is 8.14. The number of hydrogen-bond donors (Lipinski definition) is 1. The molecule has 1 atom stereocenters. The normalized spacial score (nSPS) is 15.6. The Hall–Kier alpha value is -4.13. The molecule has 10 heteroatoms. The van der Waals surface area contributed by atoms with Crippen molar-refractivity contribution in [2.75, 3.05) is 11.9 Å². The molecule has 4 rings (SSSR count). The summed E-state index contributed by atoms with van der Waals surface area (Å²) in [4.78, 5) is 26.5. The molecule has 0 bridgehead atoms. The molecule has 0 aliphatic carbocycles. The van der Waals surface area contributed by atoms with E-state index < -0.39 is 17.6 Å². The van der Waals surface area contributed by atoms with Crippen molar-refractivity contribution >= 4 is 17.5 Å². The second-order valence-corrected chi connectivity index (χ2v) is 8.14. The molecule has 7 nitrogen and oxygen atoms in total. The van der Waals surface area contributed by atoms with E-state index in [0.29, 0.717) is 24.3 Å². The van der Waals surface area contributed by atoms with Crippen molar-refractivity contribution in [3.05, 3.63) is 70.9 Å². The first-order chi connectivity index (χ1) is 16.1. The summed E-state index contributed by atoms with van der Waals surface area (Å²) in [6.07, 6.45) is -4.57. The maximum Gasteiger partial charge on any atom is 0.416 e. The number of nitrogens with zero attached hydrogens (tertiary/aromatic N) is 4. The van der Waals surface area contributed by atoms with Crippen molar-refractivity contribution in [3.8, 4) is 17.3 Å². The van der Waals surface area contributed by atoms with Crippen molar-refractivity contribution < 1.29 is 22.8 Å². The van der Waals surface area contributed by atoms with E-state index in [1.54, 1.807) is 33.8 Å². The molecule has 1 aliphatic rings. The van der Waals surface area contributed by atoms with Gasteiger partial charge in [-0.05, 0) is 42.8 Å². The third-order valence-electron chi connectivity index (χ3n) is 5.53. The Bertz CT molecular complexity index is 1310. The number of rotatable bonds is 4. The number of aromatic nitrogens is 2. The van der Waals surface area contributed by atoms with Gasteiger partial charge in [0.2, 0.25) is 5.91 Å². The van der Waals surface area contributed by atoms with Crippen molar-refractivity contribution in [1.29, 1.82) is 5.26 Å². The number of anilines is 1. The maximum atomic E-state index is 13.2. The van der Waals surface area contributed by atoms with E-state index in [-0.39, 0.29) is 28.9 Å². The largest absolute Gasteiger partial charge is 0.416 e. The van der Waals surface area contributed by atoms with Crippen LogP contribution in [0.5, 0.6) is 0 Å². The fourth-order valence-electron chi connectivity index (χ4n) is 3.94. The molecular formula is C24H20F3N5O2. The third kappa shape index (κ3) is 4.50. The zero-order valence-electron chi connectivity index (χ0n) is 18.3. The number of nitrogens with one attached hydrogen (secondary N) is 1. The van der Waals surface area contributed by atoms with Crippen LogP contribution < -0.4 is 5.32 Å². The van der Waals surface area contributed by atoms with E-state index >= 15 is 0 Å². The number of carbonyl (C=O) groups is 2. The van der Waals surface area contributed by atoms with E-state index in [2.05, 4.69) is 16.5 Å². The maximum absolute atomic E-state index is 13.2. The van der Waals surface area contributed by atoms with Gasteiger partial charge in [-0.25, -0.2) is 0 Å². The molecule has 2 amide bonds. The smallest absolute Gasteiger partial charge is 0.331 e. The monoisotopic (exact) mass is 467 g/mol. The zero-order chi connectivity index (χ0) is 24.6. The number of alkyl halides is 3. The highest BCUT2D eigenvalue weighted by molar-refractivity contribution is 5.97. The van der Waals surface area contributed by atoms with E-state index in [1.807, 2.05) is 6.92 Å². The standard InChI is InChI=1S/C24H20F3N5O2/c1-14-12-31(13-17-5-3-16(11-28)4-6-17)23(34)22-10-21(30-32(14)22)19-8-7-18(24(25,26)27)9-20(19)29-15(2)33/h3-10,14H,12-13H2,1-2H3,(H,29,33)/t14-/m0/s1. The molecule has 3 aromatic rings. The number of carbonyl (C=O) groups excluding carboxylic acids is 2. The van der Waals surface area contributed by atoms with Gasteiger partial charge in [0.1, 0.15) is 5.69 Å². The Kier molecular flexibility index (Phi) is 5.87. The average Bonchev–Trinajstić information content (AvgIpc) is 3.23. The minimum atomic E-state index is -4.57. The first-order valence-electron chi connectivity index (χ1n) is 10.4. The third-order valence-corrected chi connectivity index (χ3v) is 5.53. The Balaban J connectivity index is 1.68. The second kappa shape index (κ2) is 8.67. The van der Waals surface area contributed by atoms with Gasteiger partial charge < -0.3 is 10.2 Å². The molecule has 0 unspecified atom stereocenters. The van der Waals surface area contributed by atoms with Crippen LogP contribution >= 0.6 is 0 Å². The number of hydrogen-bond acceptors (Lipinski definition) is 4. The molecule has 34 heavy (non-hydrogen) atoms. The predicted molar refractivity (Wildman–Crippen MR) is 118 cm³/mol. The van der Waals surface area contributed by atoms with Crippen LogP contribution in [0.15, 0.2) is 48.5 Å². The number of halogens is 3. The summed E-state index contributed by atoms with van der Waals surface area (Å²) >= 11 is 0. The van der Waals surface area contributed by atoms with Crippen molar-refractivity contribution in [3.63, 3.8) is 0 Å². The predicted octanol–water partition coefficient (Wildman–Crippen LogP) is 4.62. The fourth-order valence-corrected chi connectivity index (χ4v) is 3.94. The average molecular weight is 467 g/mol. The molecule has 1 aromatic heterocycles. The quantitative estimate of drug-likeness (QED) is 0.606. The first-order valence-corrected chi connectivity index (χ1v) is 10.4. The number of amides is 2. The Morgan fingerprint density at radius 1 is 1.21 bits per heavy atom. The summed E-state index contributed by atoms with van der Waals surface area (Å²) in [6.45, 7) is 3.82. The van der Waals surface area contributed by atoms with Gasteiger partial charge in [0, 0.05) is 25.6 Å². The highest BCUT2D eigenvalue weighted by atomic mass is 19.4. The van der Waals surface area contributed by atoms with Crippen LogP contribution in [0.4, 0.5) is 18.9 Å². The fraction of sp³-hybridized carbons (Fsp3) is 0.250. The van der Waals surface area contributed by atoms with E-state index in [1.165, 1.54) is 19.1 Å². The molecule has 1 N–H and O–H groups in total. The summed E-state index contributed by atoms with van der Waals surface area (Å²) in [6, 6.07) is 13.4. The number of benzene rings is 2. The lowest BCUT2D eigenvalue weighted by Gasteiger charge is -2.31. The van der Waals surface area contributed by atoms with Gasteiger partial charge in [-0.15, -0.1) is 0 Å². The Labute approximate surface area is 193 Å². The van der Waals surface area contributed by atoms with E-state index in [4.69, 9.17) is 5.26 Å². The molecule has 0 saturated heterocycles. The molecule has 2 aromatic carbocycles. The summed E-state index contributed by atoms with van der Waals surface area (Å²) in [5, 5.41) is 15.9. The summed E-state index contributed by atoms with van der Waals surface area (Å²) < 4.78 is 41.1. The van der Waals surface area contributed by atoms with Crippen LogP contribution in [0.3, 0.4) is 0 Å². The molecule has 0 saturated carbocycles. The van der Waals surface area contributed by atoms with Crippen molar-refractivity contribution in [2.24, 2.45) is 0 Å². The van der Waals surface area contributed by atoms with E-state index in [0.717, 1.165) is 17.7 Å². The van der Waals surface area contributed by atoms with Gasteiger partial charge in [-0.1, -0.05) is 18.2 Å². The Morgan fingerprint density at radius 3 is 2.53 bits per heavy atom. The Morgan fingerprint density at radius 2 is 1.91 bits per heavy atom. The van der Waals surface area contributed by atoms with Crippen molar-refractivity contribution in [1.82, 2.24) is 14.7 Å². The number of nitriles is 1. The lowest BCUT2D eigenvalue weighted by molar-refractivity contribution is -0.137. The number of fused-ring (bicyclic) bond motifs is 1. The van der Waals surface area contributed by atoms with Crippen LogP contribution in [-0.2, 0) is 17.5 Å². The van der Waals surface area contributed by atoms with Gasteiger partial charge in [-0.3, -0.25) is 14.3 Å². The molecule has 1 aliphatic heterocycles. The molecule has 0 spiro atoms. The molecular weight excluding hydrogens is 447 g/mol. The van der Waals surface area contributed by atoms with Gasteiger partial charge in [-0.2, -0.15) is 23.5 Å². The zero-order valence-corrected chi connectivity index (χ0v) is 18.3. The molecule has 0 radical (unpaired) electrons. The van der Waals surface area contributed by atoms with Gasteiger partial charge >= 0.3 is 6.18 Å². The summed E-state index contributed by atoms with van der Waals surface area (Å²) in [7, 11) is 0. The van der Waals surface area contributed by atoms with Gasteiger partial charge in [0.25, 0.3) is 5.91 Å². The van der Waals surface area contributed by atoms with Crippen LogP contribution in [0.1, 0.15) is 47.1 Å². The molecule has 0 fully saturated rings. The van der Waals surface area contributed by atoms with Crippen LogP contribution in [-0.4, -0.2) is 33.0 Å². The van der Waals surface area contributed by atoms with E-state index in [9.17, 15) is 22.8 Å². The lowest BCUT2D eigenvalue weighted by Crippen LogP contribution is -2.41. The minimum Gasteiger partial charge on any atom is -0.331 e. The first kappa shape index (κ1) is 23.0. The van der Waals surface area contributed by atoms with Crippen LogP contribution in [0, 0.1) is 11.3 Å². The highest BCUT2D eigenvalue weighted by Crippen LogP contribution is 2.36. The SMILES string of the molecule is CC(=O)Nc1cc(C(F)(F)F)ccc1-c1cc2n(n1)[C@@H](C)CN(Cc1ccc(C#N)cc1)C2=O. The van der Waals surface area contributed by atoms with Crippen LogP contribution in [0.25, 0.3) is 11.3 Å². The molecule has 2 heterocycles. The van der Waals surface area contributed by atoms with Gasteiger partial charge in [0.05, 0.1) is 34.6 Å². The van der Waals surface area contributed by atoms with Crippen LogP contribution in [0.2, 0.25) is 0 Å². The van der Waals surface area contributed by atoms with Gasteiger partial charge in [0.15, 0.2) is 0 Å². The summed E-state index contributed by atoms with van der Waals surface area (Å²) in [5.41, 5.74) is 1.32. The topological polar surface area (TPSA) is 91.0 Å². The minimum absolute atomic E-state index is 0.0349. The lowest BCUT2D eigenvalue weighted by atomic mass is 10.0. The van der Waals surface area contributed by atoms with Crippen molar-refractivity contribution in [2.45, 2.75) is 32.6 Å². The summed E-state index contributed by atoms with van der Waals surface area (Å²) in [5.74, 6) is -0.795. The highest BCUT2D eigenvalue weighted by Gasteiger charge is 2.33.